The molecule has 0 fully saturated rings. The van der Waals surface area contributed by atoms with Crippen LogP contribution in [0.2, 0.25) is 0 Å². The van der Waals surface area contributed by atoms with Crippen LogP contribution in [-0.2, 0) is 15.5 Å². The van der Waals surface area contributed by atoms with Gasteiger partial charge in [0.25, 0.3) is 0 Å². The van der Waals surface area contributed by atoms with E-state index in [1.165, 1.54) is 11.7 Å². The van der Waals surface area contributed by atoms with Crippen LogP contribution in [0.25, 0.3) is 0 Å². The third-order valence-corrected chi connectivity index (χ3v) is 1.27. The fourth-order valence-electron chi connectivity index (χ4n) is 0.247. The van der Waals surface area contributed by atoms with Crippen LogP contribution in [0, 0.1) is 0 Å². The fraction of sp³-hybridized carbons (Fsp3) is 0.333. The summed E-state index contributed by atoms with van der Waals surface area (Å²) < 4.78 is 14.7. The Labute approximate surface area is 38.3 Å². The molecule has 3 heteroatoms. The molecular formula is C3H4O2S. The highest BCUT2D eigenvalue weighted by atomic mass is 32.2. The number of hydrogen-bond donors (Lipinski definition) is 0. The Morgan fingerprint density at radius 2 is 2.67 bits per heavy atom. The van der Waals surface area contributed by atoms with Gasteiger partial charge in [0.05, 0.1) is 17.1 Å². The lowest BCUT2D eigenvalue weighted by molar-refractivity contribution is 0.322. The lowest BCUT2D eigenvalue weighted by Crippen LogP contribution is -1.83. The molecule has 1 heterocycles. The predicted molar refractivity (Wildman–Crippen MR) is 23.2 cm³/mol. The molecule has 0 amide bonds. The molecule has 0 aromatic heterocycles. The van der Waals surface area contributed by atoms with Crippen molar-refractivity contribution in [2.45, 2.75) is 0 Å². The summed E-state index contributed by atoms with van der Waals surface area (Å²) in [5.74, 6) is 0.347. The molecule has 0 aromatic carbocycles. The highest BCUT2D eigenvalue weighted by Gasteiger charge is 1.96. The predicted octanol–water partition coefficient (Wildman–Crippen LogP) is 0.194. The van der Waals surface area contributed by atoms with Gasteiger partial charge in [-0.15, -0.1) is 0 Å². The zero-order valence-corrected chi connectivity index (χ0v) is 3.90. The van der Waals surface area contributed by atoms with E-state index in [1.807, 2.05) is 0 Å². The third kappa shape index (κ3) is 0.597. The first-order valence-electron chi connectivity index (χ1n) is 1.55. The molecule has 6 heavy (non-hydrogen) atoms. The molecule has 0 radical (unpaired) electrons. The second-order valence-corrected chi connectivity index (χ2v) is 2.21. The lowest BCUT2D eigenvalue weighted by atomic mass is 11.1. The van der Waals surface area contributed by atoms with Crippen LogP contribution in [0.5, 0.6) is 0 Å². The summed E-state index contributed by atoms with van der Waals surface area (Å²) in [4.78, 5) is 0. The minimum atomic E-state index is -0.826. The molecule has 0 aliphatic carbocycles. The van der Waals surface area contributed by atoms with Crippen molar-refractivity contribution in [2.24, 2.45) is 0 Å². The SMILES string of the molecule is O=[S@@]1C=COC1. The summed E-state index contributed by atoms with van der Waals surface area (Å²) in [5.41, 5.74) is 0. The van der Waals surface area contributed by atoms with Gasteiger partial charge in [-0.3, -0.25) is 4.21 Å². The smallest absolute Gasteiger partial charge is 0.166 e. The van der Waals surface area contributed by atoms with E-state index in [0.717, 1.165) is 0 Å². The zero-order chi connectivity index (χ0) is 4.41. The minimum absolute atomic E-state index is 0.347. The van der Waals surface area contributed by atoms with Crippen LogP contribution in [0.1, 0.15) is 0 Å². The molecule has 0 spiro atoms. The number of ether oxygens (including phenoxy) is 1. The average Bonchev–Trinajstić information content (AvgIpc) is 1.86. The lowest BCUT2D eigenvalue weighted by Gasteiger charge is -1.79. The van der Waals surface area contributed by atoms with E-state index in [2.05, 4.69) is 4.74 Å². The van der Waals surface area contributed by atoms with E-state index in [9.17, 15) is 4.21 Å². The molecule has 0 N–H and O–H groups in total. The Kier molecular flexibility index (Phi) is 0.919. The van der Waals surface area contributed by atoms with Gasteiger partial charge in [0.15, 0.2) is 5.94 Å². The topological polar surface area (TPSA) is 26.3 Å². The van der Waals surface area contributed by atoms with Crippen molar-refractivity contribution in [3.63, 3.8) is 0 Å². The van der Waals surface area contributed by atoms with Gasteiger partial charge < -0.3 is 4.74 Å². The van der Waals surface area contributed by atoms with E-state index < -0.39 is 10.8 Å². The third-order valence-electron chi connectivity index (χ3n) is 0.488. The standard InChI is InChI=1S/C3H4O2S/c4-6-2-1-5-3-6/h1-2H,3H2/t6-/m1/s1. The molecule has 0 unspecified atom stereocenters. The summed E-state index contributed by atoms with van der Waals surface area (Å²) in [6.07, 6.45) is 1.45. The van der Waals surface area contributed by atoms with Crippen LogP contribution in [0.3, 0.4) is 0 Å². The van der Waals surface area contributed by atoms with Crippen LogP contribution in [0.15, 0.2) is 11.7 Å². The van der Waals surface area contributed by atoms with Gasteiger partial charge in [-0.2, -0.15) is 0 Å². The van der Waals surface area contributed by atoms with E-state index in [4.69, 9.17) is 0 Å². The van der Waals surface area contributed by atoms with Gasteiger partial charge in [0.2, 0.25) is 0 Å². The zero-order valence-electron chi connectivity index (χ0n) is 3.09. The highest BCUT2D eigenvalue weighted by molar-refractivity contribution is 7.88. The van der Waals surface area contributed by atoms with Crippen LogP contribution in [0.4, 0.5) is 0 Å². The maximum Gasteiger partial charge on any atom is 0.166 e. The van der Waals surface area contributed by atoms with Crippen LogP contribution >= 0.6 is 0 Å². The van der Waals surface area contributed by atoms with Crippen LogP contribution < -0.4 is 0 Å². The second kappa shape index (κ2) is 1.43. The first kappa shape index (κ1) is 3.87. The van der Waals surface area contributed by atoms with Crippen molar-refractivity contribution >= 4 is 10.8 Å². The molecular weight excluding hydrogens is 100 g/mol. The number of hydrogen-bond acceptors (Lipinski definition) is 2. The van der Waals surface area contributed by atoms with Gasteiger partial charge in [0, 0.05) is 5.41 Å². The Morgan fingerprint density at radius 3 is 2.83 bits per heavy atom. The molecule has 2 nitrogen and oxygen atoms in total. The fourth-order valence-corrected chi connectivity index (χ4v) is 0.741. The minimum Gasteiger partial charge on any atom is -0.487 e. The quantitative estimate of drug-likeness (QED) is 0.438. The van der Waals surface area contributed by atoms with Crippen molar-refractivity contribution in [1.82, 2.24) is 0 Å². The van der Waals surface area contributed by atoms with Crippen molar-refractivity contribution < 1.29 is 8.95 Å². The Hall–Kier alpha value is -0.310. The summed E-state index contributed by atoms with van der Waals surface area (Å²) >= 11 is 0. The van der Waals surface area contributed by atoms with Gasteiger partial charge in [0.1, 0.15) is 0 Å². The van der Waals surface area contributed by atoms with E-state index in [-0.39, 0.29) is 0 Å². The van der Waals surface area contributed by atoms with Gasteiger partial charge >= 0.3 is 0 Å². The second-order valence-electron chi connectivity index (χ2n) is 0.937. The molecule has 1 rings (SSSR count). The first-order chi connectivity index (χ1) is 2.89. The van der Waals surface area contributed by atoms with Gasteiger partial charge in [-0.1, -0.05) is 0 Å². The molecule has 0 bridgehead atoms. The Bertz CT molecular complexity index is 97.0. The molecule has 1 atom stereocenters. The van der Waals surface area contributed by atoms with Crippen LogP contribution in [-0.4, -0.2) is 10.1 Å². The Morgan fingerprint density at radius 1 is 1.83 bits per heavy atom. The summed E-state index contributed by atoms with van der Waals surface area (Å²) in [7, 11) is -0.826. The monoisotopic (exact) mass is 104 g/mol. The van der Waals surface area contributed by atoms with E-state index in [1.54, 1.807) is 0 Å². The first-order valence-corrected chi connectivity index (χ1v) is 2.93. The highest BCUT2D eigenvalue weighted by Crippen LogP contribution is 1.95. The average molecular weight is 104 g/mol. The summed E-state index contributed by atoms with van der Waals surface area (Å²) in [6, 6.07) is 0. The molecule has 1 aliphatic rings. The van der Waals surface area contributed by atoms with E-state index in [0.29, 0.717) is 5.94 Å². The molecule has 34 valence electrons. The van der Waals surface area contributed by atoms with Crippen molar-refractivity contribution in [3.8, 4) is 0 Å². The normalized spacial score (nSPS) is 30.3. The van der Waals surface area contributed by atoms with Crippen molar-refractivity contribution in [1.29, 1.82) is 0 Å². The van der Waals surface area contributed by atoms with E-state index >= 15 is 0 Å². The van der Waals surface area contributed by atoms with Crippen molar-refractivity contribution in [3.05, 3.63) is 11.7 Å². The maximum atomic E-state index is 10.1. The number of rotatable bonds is 0. The Balaban J connectivity index is 2.59. The molecule has 0 saturated heterocycles. The molecule has 1 aliphatic heterocycles. The van der Waals surface area contributed by atoms with Crippen molar-refractivity contribution in [2.75, 3.05) is 5.94 Å². The van der Waals surface area contributed by atoms with Gasteiger partial charge in [-0.25, -0.2) is 0 Å². The largest absolute Gasteiger partial charge is 0.487 e. The molecule has 0 saturated carbocycles. The maximum absolute atomic E-state index is 10.1. The van der Waals surface area contributed by atoms with Gasteiger partial charge in [-0.05, 0) is 0 Å². The molecule has 0 aromatic rings. The summed E-state index contributed by atoms with van der Waals surface area (Å²) in [5, 5.41) is 1.53. The summed E-state index contributed by atoms with van der Waals surface area (Å²) in [6.45, 7) is 0.